The summed E-state index contributed by atoms with van der Waals surface area (Å²) in [7, 11) is -3.93. The van der Waals surface area contributed by atoms with Gasteiger partial charge in [0.05, 0.1) is 6.20 Å². The first-order valence-electron chi connectivity index (χ1n) is 3.53. The number of sulfonamides is 1. The van der Waals surface area contributed by atoms with E-state index >= 15 is 0 Å². The molecule has 14 heavy (non-hydrogen) atoms. The summed E-state index contributed by atoms with van der Waals surface area (Å²) in [6, 6.07) is 0. The largest absolute Gasteiger partial charge is 0.256 e. The first kappa shape index (κ1) is 9.19. The smallest absolute Gasteiger partial charge is 0.246 e. The van der Waals surface area contributed by atoms with Crippen molar-refractivity contribution >= 4 is 10.0 Å². The van der Waals surface area contributed by atoms with Crippen molar-refractivity contribution in [2.75, 3.05) is 0 Å². The Bertz CT molecular complexity index is 465. The Morgan fingerprint density at radius 2 is 2.21 bits per heavy atom. The molecule has 8 heteroatoms. The lowest BCUT2D eigenvalue weighted by Gasteiger charge is -2.21. The summed E-state index contributed by atoms with van der Waals surface area (Å²) in [4.78, 5) is 4.65. The van der Waals surface area contributed by atoms with Crippen molar-refractivity contribution in [3.63, 3.8) is 0 Å². The molecule has 0 amide bonds. The van der Waals surface area contributed by atoms with Crippen LogP contribution in [0.4, 0.5) is 4.39 Å². The van der Waals surface area contributed by atoms with Crippen molar-refractivity contribution in [2.24, 2.45) is 5.14 Å². The summed E-state index contributed by atoms with van der Waals surface area (Å²) >= 11 is 0. The molecule has 0 saturated heterocycles. The van der Waals surface area contributed by atoms with Gasteiger partial charge >= 0.3 is 0 Å². The van der Waals surface area contributed by atoms with Crippen molar-refractivity contribution in [3.8, 4) is 0 Å². The molecular weight excluding hydrogens is 213 g/mol. The average Bonchev–Trinajstić information content (AvgIpc) is 2.50. The highest BCUT2D eigenvalue weighted by Gasteiger charge is 2.32. The highest BCUT2D eigenvalue weighted by molar-refractivity contribution is 7.93. The first-order chi connectivity index (χ1) is 6.50. The monoisotopic (exact) mass is 219 g/mol. The Balaban J connectivity index is 2.52. The third-order valence-electron chi connectivity index (χ3n) is 1.67. The van der Waals surface area contributed by atoms with Gasteiger partial charge in [-0.15, -0.1) is 0 Å². The van der Waals surface area contributed by atoms with Crippen molar-refractivity contribution < 1.29 is 17.7 Å². The lowest BCUT2D eigenvalue weighted by Crippen LogP contribution is -2.31. The van der Waals surface area contributed by atoms with E-state index in [1.807, 2.05) is 0 Å². The van der Waals surface area contributed by atoms with Crippen LogP contribution in [-0.2, 0) is 15.0 Å². The summed E-state index contributed by atoms with van der Waals surface area (Å²) < 4.78 is 35.1. The molecule has 3 N–H and O–H groups in total. The number of allylic oxidation sites excluding steroid dienone is 3. The van der Waals surface area contributed by atoms with Gasteiger partial charge in [0.25, 0.3) is 10.0 Å². The minimum atomic E-state index is -3.93. The van der Waals surface area contributed by atoms with E-state index in [4.69, 9.17) is 5.14 Å². The predicted molar refractivity (Wildman–Crippen MR) is 44.5 cm³/mol. The summed E-state index contributed by atoms with van der Waals surface area (Å²) in [5.74, 6) is -0.609. The maximum Gasteiger partial charge on any atom is 0.256 e. The number of nitrogens with zero attached hydrogens (tertiary/aromatic N) is 1. The summed E-state index contributed by atoms with van der Waals surface area (Å²) in [6.45, 7) is 0. The van der Waals surface area contributed by atoms with Gasteiger partial charge in [-0.3, -0.25) is 0 Å². The zero-order valence-electron chi connectivity index (χ0n) is 6.77. The number of nitrogens with one attached hydrogen (secondary N) is 1. The molecule has 0 aromatic heterocycles. The van der Waals surface area contributed by atoms with Gasteiger partial charge in [-0.05, 0) is 12.2 Å². The van der Waals surface area contributed by atoms with Crippen molar-refractivity contribution in [2.45, 2.75) is 0 Å². The molecule has 2 rings (SSSR count). The number of hydrogen-bond donors (Lipinski definition) is 2. The van der Waals surface area contributed by atoms with Crippen LogP contribution in [0.1, 0.15) is 0 Å². The van der Waals surface area contributed by atoms with Crippen LogP contribution < -0.4 is 10.6 Å². The summed E-state index contributed by atoms with van der Waals surface area (Å²) in [5, 5.41) is 5.33. The Labute approximate surface area is 79.1 Å². The maximum absolute atomic E-state index is 13.1. The van der Waals surface area contributed by atoms with Crippen LogP contribution in [-0.4, -0.2) is 13.5 Å². The molecule has 0 atom stereocenters. The second-order valence-electron chi connectivity index (χ2n) is 2.60. The van der Waals surface area contributed by atoms with E-state index in [1.165, 1.54) is 6.20 Å². The average molecular weight is 219 g/mol. The van der Waals surface area contributed by atoms with Gasteiger partial charge in [-0.2, -0.15) is 10.0 Å². The highest BCUT2D eigenvalue weighted by Crippen LogP contribution is 2.30. The molecule has 76 valence electrons. The van der Waals surface area contributed by atoms with Gasteiger partial charge in [0.15, 0.2) is 10.9 Å². The topological polar surface area (TPSA) is 84.7 Å². The van der Waals surface area contributed by atoms with Crippen LogP contribution in [0.5, 0.6) is 0 Å². The van der Waals surface area contributed by atoms with Crippen LogP contribution >= 0.6 is 0 Å². The fourth-order valence-electron chi connectivity index (χ4n) is 1.08. The molecule has 0 unspecified atom stereocenters. The van der Waals surface area contributed by atoms with Crippen molar-refractivity contribution in [3.05, 3.63) is 34.9 Å². The van der Waals surface area contributed by atoms with Crippen LogP contribution in [0.3, 0.4) is 0 Å². The number of hydrogen-bond acceptors (Lipinski definition) is 5. The Hall–Kier alpha value is -1.38. The second kappa shape index (κ2) is 2.80. The molecule has 0 aliphatic carbocycles. The molecule has 2 aliphatic heterocycles. The summed E-state index contributed by atoms with van der Waals surface area (Å²) in [6.07, 6.45) is 3.21. The van der Waals surface area contributed by atoms with E-state index in [0.717, 1.165) is 17.2 Å². The molecule has 0 radical (unpaired) electrons. The molecule has 0 fully saturated rings. The number of hydroxylamine groups is 3. The normalized spacial score (nSPS) is 20.7. The molecule has 6 nitrogen and oxygen atoms in total. The third kappa shape index (κ3) is 1.29. The quantitative estimate of drug-likeness (QED) is 0.625. The van der Waals surface area contributed by atoms with E-state index in [-0.39, 0.29) is 10.7 Å². The molecule has 0 bridgehead atoms. The van der Waals surface area contributed by atoms with Gasteiger partial charge in [-0.1, -0.05) is 0 Å². The molecule has 0 spiro atoms. The fourth-order valence-corrected chi connectivity index (χ4v) is 1.70. The van der Waals surface area contributed by atoms with E-state index in [2.05, 4.69) is 10.4 Å². The number of fused-ring (bicyclic) bond motifs is 1. The standard InChI is InChI=1S/C6H6FN3O3S/c7-4-1-2-6(14(8,11)12)10-5(4)3-9-13-10/h1-3,9H,(H2,8,11,12). The van der Waals surface area contributed by atoms with Gasteiger partial charge in [-0.25, -0.2) is 23.4 Å². The van der Waals surface area contributed by atoms with Crippen LogP contribution in [0.2, 0.25) is 0 Å². The van der Waals surface area contributed by atoms with Gasteiger partial charge in [0, 0.05) is 0 Å². The molecule has 0 aromatic carbocycles. The Kier molecular flexibility index (Phi) is 1.84. The molecule has 0 saturated carbocycles. The minimum Gasteiger partial charge on any atom is -0.246 e. The summed E-state index contributed by atoms with van der Waals surface area (Å²) in [5.41, 5.74) is 2.19. The van der Waals surface area contributed by atoms with Crippen LogP contribution in [0.15, 0.2) is 34.9 Å². The zero-order valence-corrected chi connectivity index (χ0v) is 7.58. The van der Waals surface area contributed by atoms with Crippen LogP contribution in [0, 0.1) is 0 Å². The number of rotatable bonds is 1. The van der Waals surface area contributed by atoms with Crippen molar-refractivity contribution in [1.29, 1.82) is 0 Å². The number of nitrogens with two attached hydrogens (primary N) is 1. The highest BCUT2D eigenvalue weighted by atomic mass is 32.2. The minimum absolute atomic E-state index is 0.0310. The third-order valence-corrected chi connectivity index (χ3v) is 2.55. The second-order valence-corrected chi connectivity index (χ2v) is 4.11. The molecular formula is C6H6FN3O3S. The lowest BCUT2D eigenvalue weighted by molar-refractivity contribution is -0.118. The molecule has 2 aliphatic rings. The van der Waals surface area contributed by atoms with E-state index in [9.17, 15) is 12.8 Å². The van der Waals surface area contributed by atoms with Crippen LogP contribution in [0.25, 0.3) is 0 Å². The Morgan fingerprint density at radius 3 is 2.86 bits per heavy atom. The molecule has 0 aromatic rings. The Morgan fingerprint density at radius 1 is 1.50 bits per heavy atom. The van der Waals surface area contributed by atoms with E-state index < -0.39 is 15.9 Å². The molecule has 2 heterocycles. The van der Waals surface area contributed by atoms with Gasteiger partial charge in [0.1, 0.15) is 5.70 Å². The fraction of sp³-hybridized carbons (Fsp3) is 0. The number of halogens is 1. The SMILES string of the molecule is NS(=O)(=O)C1=CC=C(F)C2=CNON21. The zero-order chi connectivity index (χ0) is 10.3. The number of primary sulfonamides is 1. The van der Waals surface area contributed by atoms with Gasteiger partial charge in [0.2, 0.25) is 0 Å². The first-order valence-corrected chi connectivity index (χ1v) is 5.08. The van der Waals surface area contributed by atoms with E-state index in [1.54, 1.807) is 0 Å². The van der Waals surface area contributed by atoms with E-state index in [0.29, 0.717) is 0 Å². The maximum atomic E-state index is 13.1. The lowest BCUT2D eigenvalue weighted by atomic mass is 10.3. The van der Waals surface area contributed by atoms with Gasteiger partial charge < -0.3 is 0 Å². The van der Waals surface area contributed by atoms with Crippen molar-refractivity contribution in [1.82, 2.24) is 10.5 Å². The predicted octanol–water partition coefficient (Wildman–Crippen LogP) is -0.423.